The van der Waals surface area contributed by atoms with E-state index in [1.807, 2.05) is 30.1 Å². The molecule has 118 valence electrons. The van der Waals surface area contributed by atoms with Crippen molar-refractivity contribution in [3.8, 4) is 0 Å². The second-order valence-electron chi connectivity index (χ2n) is 5.38. The maximum Gasteiger partial charge on any atom is 0.239 e. The average Bonchev–Trinajstić information content (AvgIpc) is 3.15. The maximum absolute atomic E-state index is 12.0. The molecule has 0 aliphatic carbocycles. The topological polar surface area (TPSA) is 54.5 Å². The van der Waals surface area contributed by atoms with Crippen molar-refractivity contribution >= 4 is 44.2 Å². The molecule has 0 saturated carbocycles. The van der Waals surface area contributed by atoms with E-state index in [0.29, 0.717) is 11.6 Å². The van der Waals surface area contributed by atoms with Crippen molar-refractivity contribution in [3.63, 3.8) is 0 Å². The fourth-order valence-electron chi connectivity index (χ4n) is 2.44. The molecule has 0 bridgehead atoms. The number of para-hydroxylation sites is 1. The normalized spacial score (nSPS) is 17.8. The number of aromatic nitrogens is 1. The summed E-state index contributed by atoms with van der Waals surface area (Å²) in [7, 11) is 1.86. The molecule has 7 heteroatoms. The summed E-state index contributed by atoms with van der Waals surface area (Å²) in [6, 6.07) is 5.70. The lowest BCUT2D eigenvalue weighted by Gasteiger charge is -2.16. The van der Waals surface area contributed by atoms with Crippen LogP contribution in [-0.2, 0) is 9.53 Å². The number of likely N-dealkylation sites (N-methyl/N-ethyl adjacent to an activating group) is 1. The standard InChI is InChI=1S/C15H18ClN3O2S/c1-19(9-13(20)17-8-10-4-3-7-21-10)15-18-14-11(16)5-2-6-12(14)22-15/h2,5-6,10H,3-4,7-9H2,1H3,(H,17,20)/t10-/m1/s1. The molecule has 2 aromatic rings. The zero-order chi connectivity index (χ0) is 15.5. The Labute approximate surface area is 138 Å². The van der Waals surface area contributed by atoms with Crippen molar-refractivity contribution < 1.29 is 9.53 Å². The molecule has 0 spiro atoms. The number of amides is 1. The van der Waals surface area contributed by atoms with Gasteiger partial charge in [-0.3, -0.25) is 4.79 Å². The Kier molecular flexibility index (Phi) is 4.81. The molecule has 22 heavy (non-hydrogen) atoms. The van der Waals surface area contributed by atoms with Gasteiger partial charge in [0, 0.05) is 20.2 Å². The molecule has 2 heterocycles. The first-order valence-electron chi connectivity index (χ1n) is 7.28. The minimum Gasteiger partial charge on any atom is -0.376 e. The Morgan fingerprint density at radius 1 is 1.59 bits per heavy atom. The molecule has 1 saturated heterocycles. The molecule has 3 rings (SSSR count). The van der Waals surface area contributed by atoms with Crippen LogP contribution >= 0.6 is 22.9 Å². The van der Waals surface area contributed by atoms with Gasteiger partial charge in [-0.1, -0.05) is 29.0 Å². The summed E-state index contributed by atoms with van der Waals surface area (Å²) in [6.45, 7) is 1.65. The van der Waals surface area contributed by atoms with Crippen LogP contribution in [0.25, 0.3) is 10.2 Å². The highest BCUT2D eigenvalue weighted by Gasteiger charge is 2.17. The van der Waals surface area contributed by atoms with Crippen LogP contribution in [0.2, 0.25) is 5.02 Å². The zero-order valence-electron chi connectivity index (χ0n) is 12.3. The lowest BCUT2D eigenvalue weighted by Crippen LogP contribution is -2.38. The van der Waals surface area contributed by atoms with E-state index in [0.717, 1.165) is 34.8 Å². The smallest absolute Gasteiger partial charge is 0.239 e. The van der Waals surface area contributed by atoms with Crippen molar-refractivity contribution in [3.05, 3.63) is 23.2 Å². The summed E-state index contributed by atoms with van der Waals surface area (Å²) in [5, 5.41) is 4.34. The minimum atomic E-state index is -0.0247. The van der Waals surface area contributed by atoms with E-state index in [2.05, 4.69) is 10.3 Å². The average molecular weight is 340 g/mol. The molecule has 1 atom stereocenters. The third-order valence-corrected chi connectivity index (χ3v) is 5.06. The Hall–Kier alpha value is -1.37. The van der Waals surface area contributed by atoms with Crippen molar-refractivity contribution in [2.24, 2.45) is 0 Å². The van der Waals surface area contributed by atoms with Crippen molar-refractivity contribution in [1.29, 1.82) is 0 Å². The SMILES string of the molecule is CN(CC(=O)NC[C@H]1CCCO1)c1nc2c(Cl)cccc2s1. The van der Waals surface area contributed by atoms with Gasteiger partial charge in [0.15, 0.2) is 5.13 Å². The number of fused-ring (bicyclic) bond motifs is 1. The van der Waals surface area contributed by atoms with E-state index in [-0.39, 0.29) is 18.6 Å². The van der Waals surface area contributed by atoms with E-state index in [4.69, 9.17) is 16.3 Å². The predicted molar refractivity (Wildman–Crippen MR) is 89.9 cm³/mol. The van der Waals surface area contributed by atoms with E-state index in [1.165, 1.54) is 11.3 Å². The van der Waals surface area contributed by atoms with Gasteiger partial charge in [0.05, 0.1) is 22.4 Å². The van der Waals surface area contributed by atoms with Crippen LogP contribution in [0, 0.1) is 0 Å². The van der Waals surface area contributed by atoms with Gasteiger partial charge in [-0.15, -0.1) is 0 Å². The highest BCUT2D eigenvalue weighted by molar-refractivity contribution is 7.22. The molecule has 1 N–H and O–H groups in total. The maximum atomic E-state index is 12.0. The predicted octanol–water partition coefficient (Wildman–Crippen LogP) is 2.68. The summed E-state index contributed by atoms with van der Waals surface area (Å²) < 4.78 is 6.52. The first-order chi connectivity index (χ1) is 10.6. The van der Waals surface area contributed by atoms with Crippen LogP contribution in [0.3, 0.4) is 0 Å². The van der Waals surface area contributed by atoms with Crippen molar-refractivity contribution in [2.45, 2.75) is 18.9 Å². The third kappa shape index (κ3) is 3.51. The number of nitrogens with zero attached hydrogens (tertiary/aromatic N) is 2. The number of anilines is 1. The first-order valence-corrected chi connectivity index (χ1v) is 8.47. The number of halogens is 1. The highest BCUT2D eigenvalue weighted by Crippen LogP contribution is 2.32. The number of nitrogens with one attached hydrogen (secondary N) is 1. The Morgan fingerprint density at radius 2 is 2.45 bits per heavy atom. The van der Waals surface area contributed by atoms with Gasteiger partial charge < -0.3 is 15.0 Å². The quantitative estimate of drug-likeness (QED) is 0.910. The summed E-state index contributed by atoms with van der Waals surface area (Å²) in [5.41, 5.74) is 0.788. The van der Waals surface area contributed by atoms with Crippen LogP contribution in [0.4, 0.5) is 5.13 Å². The minimum absolute atomic E-state index is 0.0247. The largest absolute Gasteiger partial charge is 0.376 e. The Morgan fingerprint density at radius 3 is 3.18 bits per heavy atom. The summed E-state index contributed by atoms with van der Waals surface area (Å²) >= 11 is 7.67. The number of rotatable bonds is 5. The zero-order valence-corrected chi connectivity index (χ0v) is 13.9. The number of ether oxygens (including phenoxy) is 1. The first kappa shape index (κ1) is 15.5. The molecule has 1 aliphatic rings. The Bertz CT molecular complexity index is 670. The second-order valence-corrected chi connectivity index (χ2v) is 6.79. The number of hydrogen-bond acceptors (Lipinski definition) is 5. The van der Waals surface area contributed by atoms with E-state index in [9.17, 15) is 4.79 Å². The van der Waals surface area contributed by atoms with Crippen LogP contribution in [0.1, 0.15) is 12.8 Å². The molecular formula is C15H18ClN3O2S. The van der Waals surface area contributed by atoms with Crippen LogP contribution < -0.4 is 10.2 Å². The second kappa shape index (κ2) is 6.81. The van der Waals surface area contributed by atoms with E-state index >= 15 is 0 Å². The van der Waals surface area contributed by atoms with E-state index in [1.54, 1.807) is 0 Å². The number of thiazole rings is 1. The monoisotopic (exact) mass is 339 g/mol. The lowest BCUT2D eigenvalue weighted by atomic mass is 10.2. The van der Waals surface area contributed by atoms with Gasteiger partial charge in [0.1, 0.15) is 5.52 Å². The van der Waals surface area contributed by atoms with Gasteiger partial charge in [0.25, 0.3) is 0 Å². The molecule has 0 radical (unpaired) electrons. The fraction of sp³-hybridized carbons (Fsp3) is 0.467. The summed E-state index contributed by atoms with van der Waals surface area (Å²) in [6.07, 6.45) is 2.26. The molecule has 1 amide bonds. The fourth-order valence-corrected chi connectivity index (χ4v) is 3.66. The van der Waals surface area contributed by atoms with Gasteiger partial charge >= 0.3 is 0 Å². The molecule has 1 aromatic heterocycles. The molecule has 1 aliphatic heterocycles. The van der Waals surface area contributed by atoms with Crippen LogP contribution in [-0.4, -0.2) is 43.7 Å². The number of hydrogen-bond donors (Lipinski definition) is 1. The molecule has 1 aromatic carbocycles. The lowest BCUT2D eigenvalue weighted by molar-refractivity contribution is -0.120. The van der Waals surface area contributed by atoms with Crippen LogP contribution in [0.5, 0.6) is 0 Å². The number of carbonyl (C=O) groups excluding carboxylic acids is 1. The van der Waals surface area contributed by atoms with E-state index < -0.39 is 0 Å². The molecule has 1 fully saturated rings. The molecule has 0 unspecified atom stereocenters. The van der Waals surface area contributed by atoms with Crippen LogP contribution in [0.15, 0.2) is 18.2 Å². The van der Waals surface area contributed by atoms with Gasteiger partial charge in [-0.05, 0) is 25.0 Å². The van der Waals surface area contributed by atoms with Crippen molar-refractivity contribution in [2.75, 3.05) is 31.6 Å². The molecule has 5 nitrogen and oxygen atoms in total. The number of carbonyl (C=O) groups is 1. The highest BCUT2D eigenvalue weighted by atomic mass is 35.5. The summed E-state index contributed by atoms with van der Waals surface area (Å²) in [5.74, 6) is -0.0247. The van der Waals surface area contributed by atoms with Gasteiger partial charge in [0.2, 0.25) is 5.91 Å². The third-order valence-electron chi connectivity index (χ3n) is 3.62. The van der Waals surface area contributed by atoms with Gasteiger partial charge in [-0.25, -0.2) is 4.98 Å². The van der Waals surface area contributed by atoms with Gasteiger partial charge in [-0.2, -0.15) is 0 Å². The molecular weight excluding hydrogens is 322 g/mol. The number of benzene rings is 1. The Balaban J connectivity index is 1.58. The van der Waals surface area contributed by atoms with Crippen molar-refractivity contribution in [1.82, 2.24) is 10.3 Å². The summed E-state index contributed by atoms with van der Waals surface area (Å²) in [4.78, 5) is 18.4.